The van der Waals surface area contributed by atoms with Crippen molar-refractivity contribution in [2.75, 3.05) is 6.54 Å². The van der Waals surface area contributed by atoms with Crippen molar-refractivity contribution in [3.8, 4) is 0 Å². The van der Waals surface area contributed by atoms with Crippen molar-refractivity contribution in [3.05, 3.63) is 60.5 Å². The van der Waals surface area contributed by atoms with Crippen molar-refractivity contribution in [1.29, 1.82) is 0 Å². The van der Waals surface area contributed by atoms with E-state index >= 15 is 0 Å². The van der Waals surface area contributed by atoms with Crippen LogP contribution in [-0.2, 0) is 23.9 Å². The van der Waals surface area contributed by atoms with Crippen molar-refractivity contribution in [1.82, 2.24) is 26.1 Å². The highest BCUT2D eigenvalue weighted by Crippen LogP contribution is 2.25. The van der Waals surface area contributed by atoms with Crippen LogP contribution in [0.5, 0.6) is 0 Å². The number of ether oxygens (including phenoxy) is 1. The number of benzene rings is 1. The summed E-state index contributed by atoms with van der Waals surface area (Å²) in [5, 5.41) is 8.68. The molecule has 1 saturated heterocycles. The van der Waals surface area contributed by atoms with E-state index in [1.807, 2.05) is 24.3 Å². The molecule has 2 aliphatic heterocycles. The van der Waals surface area contributed by atoms with Gasteiger partial charge in [-0.3, -0.25) is 29.2 Å². The summed E-state index contributed by atoms with van der Waals surface area (Å²) in [5.74, 6) is -1.72. The summed E-state index contributed by atoms with van der Waals surface area (Å²) in [4.78, 5) is 57.0. The minimum absolute atomic E-state index is 0.181. The monoisotopic (exact) mass is 547 g/mol. The number of carbonyl (C=O) groups is 4. The number of rotatable bonds is 2. The fourth-order valence-electron chi connectivity index (χ4n) is 4.68. The average molecular weight is 548 g/mol. The number of amides is 3. The first kappa shape index (κ1) is 28.9. The molecule has 4 rings (SSSR count). The molecule has 2 aliphatic rings. The topological polar surface area (TPSA) is 130 Å². The van der Waals surface area contributed by atoms with Crippen molar-refractivity contribution in [3.63, 3.8) is 0 Å². The Labute approximate surface area is 234 Å². The molecule has 3 heterocycles. The number of aromatic nitrogens is 1. The van der Waals surface area contributed by atoms with Crippen LogP contribution in [0.25, 0.3) is 16.8 Å². The molecule has 10 nitrogen and oxygen atoms in total. The largest absolute Gasteiger partial charge is 0.457 e. The summed E-state index contributed by atoms with van der Waals surface area (Å²) in [6.07, 6.45) is 7.56. The van der Waals surface area contributed by atoms with Crippen LogP contribution in [0.4, 0.5) is 0 Å². The van der Waals surface area contributed by atoms with Crippen LogP contribution in [0, 0.1) is 5.41 Å². The van der Waals surface area contributed by atoms with Crippen molar-refractivity contribution in [2.45, 2.75) is 71.2 Å². The van der Waals surface area contributed by atoms with E-state index in [9.17, 15) is 19.2 Å². The summed E-state index contributed by atoms with van der Waals surface area (Å²) in [5.41, 5.74) is 3.48. The first-order valence-electron chi connectivity index (χ1n) is 13.6. The number of nitrogens with zero attached hydrogens (tertiary/aromatic N) is 2. The molecule has 1 aromatic carbocycles. The lowest BCUT2D eigenvalue weighted by Gasteiger charge is -2.35. The molecule has 1 fully saturated rings. The zero-order valence-electron chi connectivity index (χ0n) is 23.4. The SMILES string of the molecule is C=CCC1NC(=O)C(C)(C)/C=C/c2cc3cc(ccc3cn2)[C@@H](C)OC(=O)[C@@H]2CCCN(N2)C(=O)[C@H](C)NC1=O. The molecule has 0 aliphatic carbocycles. The number of cyclic esters (lactones) is 1. The Morgan fingerprint density at radius 2 is 1.90 bits per heavy atom. The van der Waals surface area contributed by atoms with Crippen LogP contribution in [-0.4, -0.2) is 58.4 Å². The van der Waals surface area contributed by atoms with Crippen LogP contribution in [0.1, 0.15) is 64.3 Å². The van der Waals surface area contributed by atoms with Crippen LogP contribution in [0.15, 0.2) is 49.2 Å². The number of pyridine rings is 1. The molecule has 1 aromatic heterocycles. The smallest absolute Gasteiger partial charge is 0.325 e. The Balaban J connectivity index is 1.70. The molecule has 3 amide bonds. The Morgan fingerprint density at radius 1 is 1.12 bits per heavy atom. The summed E-state index contributed by atoms with van der Waals surface area (Å²) in [7, 11) is 0. The zero-order valence-corrected chi connectivity index (χ0v) is 23.4. The van der Waals surface area contributed by atoms with E-state index in [-0.39, 0.29) is 12.3 Å². The number of hydrogen-bond donors (Lipinski definition) is 3. The standard InChI is InChI=1S/C30H37N5O5/c1-6-8-24-26(36)32-18(2)27(37)35-14-7-9-25(34-35)28(38)40-19(3)20-10-11-21-17-31-23(16-22(21)15-20)12-13-30(4,5)29(39)33-24/h6,10-13,15-19,24-25,34H,1,7-9,14H2,2-5H3,(H,32,36)(H,33,39)/b13-12+/t18-,19+,24?,25-/m0/s1. The molecule has 1 unspecified atom stereocenters. The van der Waals surface area contributed by atoms with E-state index < -0.39 is 47.4 Å². The maximum absolute atomic E-state index is 13.2. The highest BCUT2D eigenvalue weighted by Gasteiger charge is 2.34. The van der Waals surface area contributed by atoms with Crippen LogP contribution in [0.3, 0.4) is 0 Å². The van der Waals surface area contributed by atoms with Gasteiger partial charge in [0.2, 0.25) is 11.8 Å². The highest BCUT2D eigenvalue weighted by atomic mass is 16.5. The minimum Gasteiger partial charge on any atom is -0.457 e. The van der Waals surface area contributed by atoms with Gasteiger partial charge in [-0.25, -0.2) is 5.43 Å². The predicted molar refractivity (Wildman–Crippen MR) is 151 cm³/mol. The third kappa shape index (κ3) is 6.56. The molecule has 40 heavy (non-hydrogen) atoms. The van der Waals surface area contributed by atoms with Gasteiger partial charge in [-0.05, 0) is 76.1 Å². The van der Waals surface area contributed by atoms with E-state index in [0.29, 0.717) is 25.1 Å². The molecule has 212 valence electrons. The molecule has 5 bridgehead atoms. The Morgan fingerprint density at radius 3 is 2.65 bits per heavy atom. The summed E-state index contributed by atoms with van der Waals surface area (Å²) in [6.45, 7) is 11.0. The van der Waals surface area contributed by atoms with Crippen molar-refractivity contribution >= 4 is 40.5 Å². The fraction of sp³-hybridized carbons (Fsp3) is 0.433. The maximum atomic E-state index is 13.2. The van der Waals surface area contributed by atoms with Gasteiger partial charge in [0.05, 0.1) is 11.1 Å². The normalized spacial score (nSPS) is 26.9. The molecule has 10 heteroatoms. The third-order valence-corrected chi connectivity index (χ3v) is 7.28. The third-order valence-electron chi connectivity index (χ3n) is 7.28. The van der Waals surface area contributed by atoms with Gasteiger partial charge in [0, 0.05) is 18.1 Å². The lowest BCUT2D eigenvalue weighted by atomic mass is 9.90. The van der Waals surface area contributed by atoms with Gasteiger partial charge in [-0.2, -0.15) is 0 Å². The highest BCUT2D eigenvalue weighted by molar-refractivity contribution is 5.94. The number of esters is 1. The van der Waals surface area contributed by atoms with Gasteiger partial charge < -0.3 is 15.4 Å². The number of hydrogen-bond acceptors (Lipinski definition) is 7. The van der Waals surface area contributed by atoms with E-state index in [1.165, 1.54) is 11.1 Å². The quantitative estimate of drug-likeness (QED) is 0.389. The molecule has 0 spiro atoms. The first-order chi connectivity index (χ1) is 19.0. The molecule has 3 N–H and O–H groups in total. The second-order valence-electron chi connectivity index (χ2n) is 10.9. The van der Waals surface area contributed by atoms with E-state index in [1.54, 1.807) is 46.0 Å². The van der Waals surface area contributed by atoms with Gasteiger partial charge >= 0.3 is 5.97 Å². The van der Waals surface area contributed by atoms with Crippen LogP contribution in [0.2, 0.25) is 0 Å². The molecule has 4 atom stereocenters. The van der Waals surface area contributed by atoms with Gasteiger partial charge in [0.1, 0.15) is 24.2 Å². The van der Waals surface area contributed by atoms with E-state index in [0.717, 1.165) is 16.3 Å². The molecule has 0 saturated carbocycles. The average Bonchev–Trinajstić information content (AvgIpc) is 2.94. The summed E-state index contributed by atoms with van der Waals surface area (Å²) < 4.78 is 5.78. The fourth-order valence-corrected chi connectivity index (χ4v) is 4.68. The molecule has 0 radical (unpaired) electrons. The van der Waals surface area contributed by atoms with E-state index in [4.69, 9.17) is 4.74 Å². The number of carbonyl (C=O) groups excluding carboxylic acids is 4. The number of hydrazine groups is 1. The second kappa shape index (κ2) is 12.0. The Hall–Kier alpha value is -4.05. The van der Waals surface area contributed by atoms with E-state index in [2.05, 4.69) is 27.6 Å². The molecular formula is C30H37N5O5. The van der Waals surface area contributed by atoms with Gasteiger partial charge in [-0.15, -0.1) is 6.58 Å². The molecule has 2 aromatic rings. The van der Waals surface area contributed by atoms with Crippen LogP contribution < -0.4 is 16.1 Å². The number of fused-ring (bicyclic) bond motifs is 4. The molecular weight excluding hydrogens is 510 g/mol. The van der Waals surface area contributed by atoms with Gasteiger partial charge in [0.15, 0.2) is 0 Å². The minimum atomic E-state index is -0.964. The first-order valence-corrected chi connectivity index (χ1v) is 13.6. The lowest BCUT2D eigenvalue weighted by Crippen LogP contribution is -2.60. The van der Waals surface area contributed by atoms with Gasteiger partial charge in [0.25, 0.3) is 5.91 Å². The predicted octanol–water partition coefficient (Wildman–Crippen LogP) is 2.95. The van der Waals surface area contributed by atoms with Gasteiger partial charge in [-0.1, -0.05) is 24.3 Å². The second-order valence-corrected chi connectivity index (χ2v) is 10.9. The summed E-state index contributed by atoms with van der Waals surface area (Å²) >= 11 is 0. The summed E-state index contributed by atoms with van der Waals surface area (Å²) in [6, 6.07) is 5.16. The van der Waals surface area contributed by atoms with Crippen molar-refractivity contribution < 1.29 is 23.9 Å². The Kier molecular flexibility index (Phi) is 8.68. The number of nitrogens with one attached hydrogen (secondary N) is 3. The zero-order chi connectivity index (χ0) is 29.0. The Bertz CT molecular complexity index is 1350. The maximum Gasteiger partial charge on any atom is 0.325 e. The van der Waals surface area contributed by atoms with Crippen molar-refractivity contribution in [2.24, 2.45) is 5.41 Å². The lowest BCUT2D eigenvalue weighted by molar-refractivity contribution is -0.157. The van der Waals surface area contributed by atoms with Crippen LogP contribution >= 0.6 is 0 Å².